The van der Waals surface area contributed by atoms with E-state index in [0.717, 1.165) is 5.56 Å². The lowest BCUT2D eigenvalue weighted by atomic mass is 10.1. The van der Waals surface area contributed by atoms with Gasteiger partial charge in [-0.15, -0.1) is 0 Å². The molecule has 1 unspecified atom stereocenters. The van der Waals surface area contributed by atoms with Crippen LogP contribution in [0.2, 0.25) is 0 Å². The van der Waals surface area contributed by atoms with Crippen molar-refractivity contribution >= 4 is 11.9 Å². The quantitative estimate of drug-likeness (QED) is 0.515. The summed E-state index contributed by atoms with van der Waals surface area (Å²) >= 11 is 0. The van der Waals surface area contributed by atoms with Crippen LogP contribution in [-0.2, 0) is 6.54 Å². The topological polar surface area (TPSA) is 74.8 Å². The van der Waals surface area contributed by atoms with E-state index in [2.05, 4.69) is 20.9 Å². The van der Waals surface area contributed by atoms with E-state index in [-0.39, 0.29) is 23.6 Å². The van der Waals surface area contributed by atoms with Gasteiger partial charge in [-0.25, -0.2) is 4.39 Å². The molecule has 7 heteroatoms. The van der Waals surface area contributed by atoms with E-state index in [0.29, 0.717) is 24.6 Å². The molecule has 2 aromatic rings. The summed E-state index contributed by atoms with van der Waals surface area (Å²) in [4.78, 5) is 15.9. The van der Waals surface area contributed by atoms with E-state index in [1.807, 2.05) is 25.1 Å². The number of ether oxygens (including phenoxy) is 1. The molecule has 0 saturated heterocycles. The van der Waals surface area contributed by atoms with Crippen molar-refractivity contribution in [1.29, 1.82) is 0 Å². The number of para-hydroxylation sites is 1. The highest BCUT2D eigenvalue weighted by atomic mass is 19.1. The lowest BCUT2D eigenvalue weighted by Crippen LogP contribution is -2.41. The van der Waals surface area contributed by atoms with E-state index in [9.17, 15) is 9.18 Å². The van der Waals surface area contributed by atoms with Crippen molar-refractivity contribution in [3.63, 3.8) is 0 Å². The molecule has 0 aliphatic rings. The van der Waals surface area contributed by atoms with E-state index >= 15 is 0 Å². The zero-order valence-electron chi connectivity index (χ0n) is 15.8. The van der Waals surface area contributed by atoms with Crippen LogP contribution in [0.15, 0.2) is 53.5 Å². The Morgan fingerprint density at radius 3 is 2.67 bits per heavy atom. The zero-order chi connectivity index (χ0) is 19.6. The summed E-state index contributed by atoms with van der Waals surface area (Å²) < 4.78 is 19.2. The first kappa shape index (κ1) is 20.2. The molecule has 0 saturated carbocycles. The van der Waals surface area contributed by atoms with Crippen LogP contribution in [0.3, 0.4) is 0 Å². The molecule has 2 rings (SSSR count). The second kappa shape index (κ2) is 10.2. The number of carbonyl (C=O) groups is 1. The maximum atomic E-state index is 13.6. The van der Waals surface area contributed by atoms with Gasteiger partial charge in [0.25, 0.3) is 5.91 Å². The molecule has 144 valence electrons. The van der Waals surface area contributed by atoms with Gasteiger partial charge in [-0.1, -0.05) is 24.3 Å². The number of hydrogen-bond donors (Lipinski definition) is 3. The molecule has 0 bridgehead atoms. The Balaban J connectivity index is 1.84. The summed E-state index contributed by atoms with van der Waals surface area (Å²) in [5.74, 6) is 0.298. The first-order chi connectivity index (χ1) is 13.0. The van der Waals surface area contributed by atoms with Gasteiger partial charge in [0.2, 0.25) is 0 Å². The number of guanidine groups is 1. The molecule has 0 aliphatic carbocycles. The number of amides is 1. The third-order valence-electron chi connectivity index (χ3n) is 3.82. The Bertz CT molecular complexity index is 795. The number of aliphatic imine (C=N–C) groups is 1. The number of nitrogens with one attached hydrogen (secondary N) is 3. The molecule has 3 N–H and O–H groups in total. The number of hydrogen-bond acceptors (Lipinski definition) is 3. The summed E-state index contributed by atoms with van der Waals surface area (Å²) in [6, 6.07) is 13.7. The van der Waals surface area contributed by atoms with Crippen molar-refractivity contribution in [2.45, 2.75) is 19.6 Å². The fourth-order valence-corrected chi connectivity index (χ4v) is 2.41. The van der Waals surface area contributed by atoms with Gasteiger partial charge < -0.3 is 20.7 Å². The van der Waals surface area contributed by atoms with E-state index < -0.39 is 0 Å². The van der Waals surface area contributed by atoms with Crippen LogP contribution >= 0.6 is 0 Å². The van der Waals surface area contributed by atoms with E-state index in [4.69, 9.17) is 4.74 Å². The van der Waals surface area contributed by atoms with Crippen molar-refractivity contribution in [1.82, 2.24) is 16.0 Å². The van der Waals surface area contributed by atoms with Gasteiger partial charge >= 0.3 is 0 Å². The van der Waals surface area contributed by atoms with Gasteiger partial charge in [0, 0.05) is 26.2 Å². The van der Waals surface area contributed by atoms with Crippen LogP contribution in [-0.4, -0.2) is 38.6 Å². The highest BCUT2D eigenvalue weighted by Crippen LogP contribution is 2.16. The smallest absolute Gasteiger partial charge is 0.251 e. The van der Waals surface area contributed by atoms with Crippen molar-refractivity contribution in [3.05, 3.63) is 65.5 Å². The average molecular weight is 372 g/mol. The SMILES string of the molecule is CN=C(NCc1cccc(C(=O)NC)c1)NCC(C)Oc1ccccc1F. The van der Waals surface area contributed by atoms with Crippen LogP contribution < -0.4 is 20.7 Å². The Morgan fingerprint density at radius 1 is 1.19 bits per heavy atom. The molecular formula is C20H25FN4O2. The van der Waals surface area contributed by atoms with E-state index in [1.165, 1.54) is 6.07 Å². The number of benzene rings is 2. The Hall–Kier alpha value is -3.09. The molecule has 1 amide bonds. The lowest BCUT2D eigenvalue weighted by molar-refractivity contribution is 0.0963. The number of nitrogens with zero attached hydrogens (tertiary/aromatic N) is 1. The normalized spacial score (nSPS) is 12.2. The molecule has 27 heavy (non-hydrogen) atoms. The molecule has 0 spiro atoms. The van der Waals surface area contributed by atoms with Crippen molar-refractivity contribution in [3.8, 4) is 5.75 Å². The predicted molar refractivity (Wildman–Crippen MR) is 105 cm³/mol. The van der Waals surface area contributed by atoms with Crippen molar-refractivity contribution in [2.24, 2.45) is 4.99 Å². The Labute approximate surface area is 158 Å². The summed E-state index contributed by atoms with van der Waals surface area (Å²) in [5.41, 5.74) is 1.56. The van der Waals surface area contributed by atoms with E-state index in [1.54, 1.807) is 38.4 Å². The highest BCUT2D eigenvalue weighted by molar-refractivity contribution is 5.94. The minimum Gasteiger partial charge on any atom is -0.486 e. The second-order valence-corrected chi connectivity index (χ2v) is 5.95. The molecule has 6 nitrogen and oxygen atoms in total. The maximum Gasteiger partial charge on any atom is 0.251 e. The molecular weight excluding hydrogens is 347 g/mol. The molecule has 1 atom stereocenters. The molecule has 0 heterocycles. The van der Waals surface area contributed by atoms with Gasteiger partial charge in [-0.05, 0) is 36.8 Å². The zero-order valence-corrected chi connectivity index (χ0v) is 15.8. The fraction of sp³-hybridized carbons (Fsp3) is 0.300. The monoisotopic (exact) mass is 372 g/mol. The third-order valence-corrected chi connectivity index (χ3v) is 3.82. The van der Waals surface area contributed by atoms with Crippen LogP contribution in [0.4, 0.5) is 4.39 Å². The highest BCUT2D eigenvalue weighted by Gasteiger charge is 2.09. The largest absolute Gasteiger partial charge is 0.486 e. The predicted octanol–water partition coefficient (Wildman–Crippen LogP) is 2.32. The van der Waals surface area contributed by atoms with Gasteiger partial charge in [-0.2, -0.15) is 0 Å². The second-order valence-electron chi connectivity index (χ2n) is 5.95. The third kappa shape index (κ3) is 6.29. The standard InChI is InChI=1S/C20H25FN4O2/c1-14(27-18-10-5-4-9-17(18)21)12-24-20(23-3)25-13-15-7-6-8-16(11-15)19(26)22-2/h4-11,14H,12-13H2,1-3H3,(H,22,26)(H2,23,24,25). The summed E-state index contributed by atoms with van der Waals surface area (Å²) in [5, 5.41) is 8.92. The first-order valence-electron chi connectivity index (χ1n) is 8.70. The Morgan fingerprint density at radius 2 is 1.96 bits per heavy atom. The van der Waals surface area contributed by atoms with Gasteiger partial charge in [0.1, 0.15) is 6.10 Å². The molecule has 0 radical (unpaired) electrons. The molecule has 0 aliphatic heterocycles. The minimum atomic E-state index is -0.386. The first-order valence-corrected chi connectivity index (χ1v) is 8.70. The average Bonchev–Trinajstić information content (AvgIpc) is 2.69. The number of rotatable bonds is 7. The maximum absolute atomic E-state index is 13.6. The van der Waals surface area contributed by atoms with Crippen molar-refractivity contribution in [2.75, 3.05) is 20.6 Å². The fourth-order valence-electron chi connectivity index (χ4n) is 2.41. The van der Waals surface area contributed by atoms with Crippen LogP contribution in [0.1, 0.15) is 22.8 Å². The summed E-state index contributed by atoms with van der Waals surface area (Å²) in [6.07, 6.45) is -0.253. The van der Waals surface area contributed by atoms with Crippen LogP contribution in [0.25, 0.3) is 0 Å². The summed E-state index contributed by atoms with van der Waals surface area (Å²) in [7, 11) is 3.27. The molecule has 0 fully saturated rings. The van der Waals surface area contributed by atoms with Gasteiger partial charge in [0.15, 0.2) is 17.5 Å². The van der Waals surface area contributed by atoms with Crippen LogP contribution in [0, 0.1) is 5.82 Å². The van der Waals surface area contributed by atoms with Crippen molar-refractivity contribution < 1.29 is 13.9 Å². The van der Waals surface area contributed by atoms with Gasteiger partial charge in [-0.3, -0.25) is 9.79 Å². The molecule has 0 aromatic heterocycles. The molecule has 2 aromatic carbocycles. The Kier molecular flexibility index (Phi) is 7.61. The number of halogens is 1. The van der Waals surface area contributed by atoms with Gasteiger partial charge in [0.05, 0.1) is 6.54 Å². The summed E-state index contributed by atoms with van der Waals surface area (Å²) in [6.45, 7) is 2.80. The lowest BCUT2D eigenvalue weighted by Gasteiger charge is -2.18. The minimum absolute atomic E-state index is 0.126. The number of carbonyl (C=O) groups excluding carboxylic acids is 1. The van der Waals surface area contributed by atoms with Crippen LogP contribution in [0.5, 0.6) is 5.75 Å².